The van der Waals surface area contributed by atoms with Gasteiger partial charge in [-0.25, -0.2) is 4.98 Å². The quantitative estimate of drug-likeness (QED) is 0.883. The van der Waals surface area contributed by atoms with Gasteiger partial charge in [0.05, 0.1) is 24.8 Å². The van der Waals surface area contributed by atoms with Crippen molar-refractivity contribution in [3.63, 3.8) is 0 Å². The highest BCUT2D eigenvalue weighted by Crippen LogP contribution is 2.26. The van der Waals surface area contributed by atoms with Crippen LogP contribution >= 0.6 is 12.2 Å². The highest BCUT2D eigenvalue weighted by atomic mass is 32.1. The Morgan fingerprint density at radius 3 is 3.05 bits per heavy atom. The van der Waals surface area contributed by atoms with Crippen LogP contribution in [0.3, 0.4) is 0 Å². The molecule has 0 aliphatic carbocycles. The minimum Gasteiger partial charge on any atom is -0.389 e. The minimum atomic E-state index is 0.353. The number of rotatable bonds is 3. The van der Waals surface area contributed by atoms with Gasteiger partial charge in [-0.3, -0.25) is 0 Å². The van der Waals surface area contributed by atoms with Crippen molar-refractivity contribution < 1.29 is 4.74 Å². The first-order valence-corrected chi connectivity index (χ1v) is 7.65. The molecule has 5 heteroatoms. The molecule has 110 valence electrons. The van der Waals surface area contributed by atoms with Crippen LogP contribution in [0.1, 0.15) is 18.9 Å². The van der Waals surface area contributed by atoms with E-state index < -0.39 is 0 Å². The third kappa shape index (κ3) is 2.71. The molecule has 0 spiro atoms. The Kier molecular flexibility index (Phi) is 4.03. The highest BCUT2D eigenvalue weighted by Gasteiger charge is 2.23. The van der Waals surface area contributed by atoms with E-state index in [1.165, 1.54) is 0 Å². The fourth-order valence-corrected chi connectivity index (χ4v) is 2.98. The van der Waals surface area contributed by atoms with Crippen LogP contribution < -0.4 is 10.6 Å². The number of pyridine rings is 1. The molecule has 0 saturated carbocycles. The summed E-state index contributed by atoms with van der Waals surface area (Å²) < 4.78 is 5.57. The monoisotopic (exact) mass is 301 g/mol. The fourth-order valence-electron chi connectivity index (χ4n) is 2.81. The number of nitrogens with two attached hydrogens (primary N) is 1. The van der Waals surface area contributed by atoms with Gasteiger partial charge in [0.25, 0.3) is 0 Å². The molecule has 2 aromatic rings. The van der Waals surface area contributed by atoms with E-state index in [1.807, 2.05) is 30.3 Å². The van der Waals surface area contributed by atoms with Crippen LogP contribution in [0.25, 0.3) is 10.9 Å². The smallest absolute Gasteiger partial charge is 0.130 e. The number of ether oxygens (including phenoxy) is 1. The first-order chi connectivity index (χ1) is 10.2. The van der Waals surface area contributed by atoms with Crippen LogP contribution in [0.2, 0.25) is 0 Å². The summed E-state index contributed by atoms with van der Waals surface area (Å²) in [7, 11) is 0. The zero-order valence-corrected chi connectivity index (χ0v) is 12.9. The van der Waals surface area contributed by atoms with Gasteiger partial charge >= 0.3 is 0 Å². The summed E-state index contributed by atoms with van der Waals surface area (Å²) in [4.78, 5) is 7.51. The molecule has 1 aliphatic rings. The van der Waals surface area contributed by atoms with Gasteiger partial charge in [-0.2, -0.15) is 0 Å². The number of fused-ring (bicyclic) bond motifs is 1. The largest absolute Gasteiger partial charge is 0.389 e. The first-order valence-electron chi connectivity index (χ1n) is 7.24. The lowest BCUT2D eigenvalue weighted by Gasteiger charge is -2.36. The Hall–Kier alpha value is -1.72. The summed E-state index contributed by atoms with van der Waals surface area (Å²) in [6.45, 7) is 4.49. The standard InChI is InChI=1S/C16H19N3OS/c1-2-11-10-20-8-7-19(11)15-9-13(16(17)21)12-5-3-4-6-14(12)18-15/h3-6,9,11H,2,7-8,10H2,1H3,(H2,17,21). The second-order valence-electron chi connectivity index (χ2n) is 5.24. The molecule has 0 radical (unpaired) electrons. The number of hydrogen-bond acceptors (Lipinski definition) is 4. The lowest BCUT2D eigenvalue weighted by atomic mass is 10.1. The predicted octanol–water partition coefficient (Wildman–Crippen LogP) is 2.48. The normalized spacial score (nSPS) is 18.9. The third-order valence-corrected chi connectivity index (χ3v) is 4.18. The van der Waals surface area contributed by atoms with Gasteiger partial charge in [0.1, 0.15) is 10.8 Å². The van der Waals surface area contributed by atoms with Crippen molar-refractivity contribution >= 4 is 33.9 Å². The number of benzene rings is 1. The van der Waals surface area contributed by atoms with E-state index in [0.717, 1.165) is 48.5 Å². The van der Waals surface area contributed by atoms with Crippen LogP contribution in [0, 0.1) is 0 Å². The second kappa shape index (κ2) is 5.95. The van der Waals surface area contributed by atoms with Gasteiger partial charge in [-0.05, 0) is 18.6 Å². The van der Waals surface area contributed by atoms with E-state index in [2.05, 4.69) is 11.8 Å². The Morgan fingerprint density at radius 2 is 2.29 bits per heavy atom. The molecule has 4 nitrogen and oxygen atoms in total. The lowest BCUT2D eigenvalue weighted by Crippen LogP contribution is -2.45. The van der Waals surface area contributed by atoms with Crippen LogP contribution in [-0.2, 0) is 4.74 Å². The third-order valence-electron chi connectivity index (χ3n) is 3.96. The molecular formula is C16H19N3OS. The van der Waals surface area contributed by atoms with Gasteiger partial charge in [0.2, 0.25) is 0 Å². The van der Waals surface area contributed by atoms with E-state index >= 15 is 0 Å². The molecule has 1 aromatic heterocycles. The molecule has 1 saturated heterocycles. The Morgan fingerprint density at radius 1 is 1.48 bits per heavy atom. The van der Waals surface area contributed by atoms with Crippen LogP contribution in [0.15, 0.2) is 30.3 Å². The first kappa shape index (κ1) is 14.2. The van der Waals surface area contributed by atoms with Crippen molar-refractivity contribution in [2.24, 2.45) is 5.73 Å². The number of nitrogens with zero attached hydrogens (tertiary/aromatic N) is 2. The average Bonchev–Trinajstić information content (AvgIpc) is 2.53. The van der Waals surface area contributed by atoms with Crippen molar-refractivity contribution in [1.29, 1.82) is 0 Å². The van der Waals surface area contributed by atoms with Crippen molar-refractivity contribution in [1.82, 2.24) is 4.98 Å². The molecule has 1 fully saturated rings. The summed E-state index contributed by atoms with van der Waals surface area (Å²) in [6, 6.07) is 10.3. The van der Waals surface area contributed by atoms with Crippen LogP contribution in [-0.4, -0.2) is 35.8 Å². The van der Waals surface area contributed by atoms with Crippen LogP contribution in [0.4, 0.5) is 5.82 Å². The van der Waals surface area contributed by atoms with E-state index in [1.54, 1.807) is 0 Å². The summed E-state index contributed by atoms with van der Waals surface area (Å²) in [5.41, 5.74) is 7.73. The van der Waals surface area contributed by atoms with E-state index in [0.29, 0.717) is 11.0 Å². The van der Waals surface area contributed by atoms with E-state index in [9.17, 15) is 0 Å². The molecule has 0 amide bonds. The summed E-state index contributed by atoms with van der Waals surface area (Å²) in [6.07, 6.45) is 1.02. The zero-order valence-electron chi connectivity index (χ0n) is 12.1. The number of hydrogen-bond donors (Lipinski definition) is 1. The maximum absolute atomic E-state index is 5.91. The lowest BCUT2D eigenvalue weighted by molar-refractivity contribution is 0.0926. The summed E-state index contributed by atoms with van der Waals surface area (Å²) in [5.74, 6) is 0.937. The van der Waals surface area contributed by atoms with E-state index in [4.69, 9.17) is 27.7 Å². The second-order valence-corrected chi connectivity index (χ2v) is 5.68. The van der Waals surface area contributed by atoms with Gasteiger partial charge < -0.3 is 15.4 Å². The van der Waals surface area contributed by atoms with Crippen molar-refractivity contribution in [2.45, 2.75) is 19.4 Å². The Labute approximate surface area is 129 Å². The minimum absolute atomic E-state index is 0.353. The number of para-hydroxylation sites is 1. The van der Waals surface area contributed by atoms with Gasteiger partial charge in [-0.1, -0.05) is 37.3 Å². The predicted molar refractivity (Wildman–Crippen MR) is 89.9 cm³/mol. The van der Waals surface area contributed by atoms with E-state index in [-0.39, 0.29) is 0 Å². The molecule has 1 atom stereocenters. The fraction of sp³-hybridized carbons (Fsp3) is 0.375. The molecule has 3 rings (SSSR count). The highest BCUT2D eigenvalue weighted by molar-refractivity contribution is 7.80. The van der Waals surface area contributed by atoms with Crippen molar-refractivity contribution in [3.8, 4) is 0 Å². The molecule has 0 bridgehead atoms. The number of thiocarbonyl (C=S) groups is 1. The molecular weight excluding hydrogens is 282 g/mol. The molecule has 1 aliphatic heterocycles. The number of morpholine rings is 1. The summed E-state index contributed by atoms with van der Waals surface area (Å²) >= 11 is 5.22. The Balaban J connectivity index is 2.12. The van der Waals surface area contributed by atoms with Gasteiger partial charge in [0, 0.05) is 17.5 Å². The van der Waals surface area contributed by atoms with Crippen LogP contribution in [0.5, 0.6) is 0 Å². The molecule has 1 aromatic carbocycles. The molecule has 2 N–H and O–H groups in total. The number of aromatic nitrogens is 1. The number of anilines is 1. The Bertz CT molecular complexity index is 674. The average molecular weight is 301 g/mol. The maximum Gasteiger partial charge on any atom is 0.130 e. The maximum atomic E-state index is 5.91. The molecule has 2 heterocycles. The zero-order chi connectivity index (χ0) is 14.8. The molecule has 1 unspecified atom stereocenters. The van der Waals surface area contributed by atoms with Gasteiger partial charge in [0.15, 0.2) is 0 Å². The molecule has 21 heavy (non-hydrogen) atoms. The SMILES string of the molecule is CCC1COCCN1c1cc(C(N)=S)c2ccccc2n1. The van der Waals surface area contributed by atoms with Gasteiger partial charge in [-0.15, -0.1) is 0 Å². The topological polar surface area (TPSA) is 51.4 Å². The van der Waals surface area contributed by atoms with Crippen molar-refractivity contribution in [3.05, 3.63) is 35.9 Å². The summed E-state index contributed by atoms with van der Waals surface area (Å²) in [5, 5.41) is 1.01. The van der Waals surface area contributed by atoms with Crippen molar-refractivity contribution in [2.75, 3.05) is 24.7 Å².